The van der Waals surface area contributed by atoms with E-state index in [1.54, 1.807) is 0 Å². The fourth-order valence-electron chi connectivity index (χ4n) is 0.825. The van der Waals surface area contributed by atoms with Crippen LogP contribution < -0.4 is 5.32 Å². The summed E-state index contributed by atoms with van der Waals surface area (Å²) in [6.07, 6.45) is 2.73. The lowest BCUT2D eigenvalue weighted by Gasteiger charge is -2.03. The normalized spacial score (nSPS) is 13.4. The topological polar surface area (TPSA) is 12.0 Å². The third kappa shape index (κ3) is 10.2. The van der Waals surface area contributed by atoms with Gasteiger partial charge in [0, 0.05) is 5.38 Å². The Labute approximate surface area is 73.3 Å². The van der Waals surface area contributed by atoms with E-state index in [2.05, 4.69) is 5.32 Å². The van der Waals surface area contributed by atoms with E-state index in [-0.39, 0.29) is 12.1 Å². The highest BCUT2D eigenvalue weighted by Crippen LogP contribution is 2.01. The van der Waals surface area contributed by atoms with Gasteiger partial charge in [0.15, 0.2) is 0 Å². The molecule has 1 unspecified atom stereocenters. The lowest BCUT2D eigenvalue weighted by atomic mass is 10.2. The van der Waals surface area contributed by atoms with Crippen molar-refractivity contribution in [2.75, 3.05) is 19.8 Å². The van der Waals surface area contributed by atoms with Crippen LogP contribution in [0.1, 0.15) is 26.2 Å². The first-order chi connectivity index (χ1) is 5.27. The predicted molar refractivity (Wildman–Crippen MR) is 48.0 cm³/mol. The summed E-state index contributed by atoms with van der Waals surface area (Å²) in [6, 6.07) is 0. The Morgan fingerprint density at radius 3 is 2.55 bits per heavy atom. The van der Waals surface area contributed by atoms with Crippen molar-refractivity contribution < 1.29 is 4.39 Å². The van der Waals surface area contributed by atoms with E-state index in [0.717, 1.165) is 25.9 Å². The molecule has 0 aliphatic heterocycles. The van der Waals surface area contributed by atoms with Crippen molar-refractivity contribution in [3.63, 3.8) is 0 Å². The maximum Gasteiger partial charge on any atom is 0.0906 e. The van der Waals surface area contributed by atoms with Crippen LogP contribution in [0.15, 0.2) is 0 Å². The first-order valence-corrected chi connectivity index (χ1v) is 4.61. The van der Waals surface area contributed by atoms with Crippen LogP contribution in [0.25, 0.3) is 0 Å². The van der Waals surface area contributed by atoms with E-state index >= 15 is 0 Å². The fraction of sp³-hybridized carbons (Fsp3) is 1.00. The Hall–Kier alpha value is 0.180. The highest BCUT2D eigenvalue weighted by atomic mass is 35.5. The zero-order valence-corrected chi connectivity index (χ0v) is 7.83. The van der Waals surface area contributed by atoms with Crippen LogP contribution in [0.2, 0.25) is 0 Å². The van der Waals surface area contributed by atoms with Gasteiger partial charge in [0.2, 0.25) is 0 Å². The Balaban J connectivity index is 2.80. The van der Waals surface area contributed by atoms with Gasteiger partial charge in [-0.1, -0.05) is 0 Å². The summed E-state index contributed by atoms with van der Waals surface area (Å²) >= 11 is 5.73. The van der Waals surface area contributed by atoms with Crippen LogP contribution >= 0.6 is 11.6 Å². The van der Waals surface area contributed by atoms with Crippen LogP contribution in [0.5, 0.6) is 0 Å². The average Bonchev–Trinajstić information content (AvgIpc) is 1.96. The number of alkyl halides is 2. The molecule has 0 saturated carbocycles. The van der Waals surface area contributed by atoms with Crippen molar-refractivity contribution in [2.24, 2.45) is 0 Å². The van der Waals surface area contributed by atoms with E-state index in [1.807, 2.05) is 6.92 Å². The minimum absolute atomic E-state index is 0.223. The maximum atomic E-state index is 11.6. The van der Waals surface area contributed by atoms with E-state index in [9.17, 15) is 4.39 Å². The summed E-state index contributed by atoms with van der Waals surface area (Å²) in [5.74, 6) is 0. The number of hydrogen-bond acceptors (Lipinski definition) is 1. The van der Waals surface area contributed by atoms with Gasteiger partial charge in [-0.05, 0) is 39.3 Å². The molecule has 1 atom stereocenters. The number of halogens is 2. The Morgan fingerprint density at radius 1 is 1.36 bits per heavy atom. The lowest BCUT2D eigenvalue weighted by molar-refractivity contribution is 0.457. The van der Waals surface area contributed by atoms with Gasteiger partial charge in [-0.3, -0.25) is 4.39 Å². The van der Waals surface area contributed by atoms with Crippen LogP contribution in [0.4, 0.5) is 4.39 Å². The molecule has 0 rings (SSSR count). The summed E-state index contributed by atoms with van der Waals surface area (Å²) in [6.45, 7) is 3.51. The fourth-order valence-corrected chi connectivity index (χ4v) is 0.979. The molecule has 1 nitrogen and oxygen atoms in total. The monoisotopic (exact) mass is 181 g/mol. The standard InChI is InChI=1S/C8H17ClFN/c1-8(9)4-2-6-11-7-3-5-10/h8,11H,2-7H2,1H3. The second-order valence-electron chi connectivity index (χ2n) is 2.72. The van der Waals surface area contributed by atoms with E-state index in [0.29, 0.717) is 6.42 Å². The average molecular weight is 182 g/mol. The van der Waals surface area contributed by atoms with Crippen molar-refractivity contribution in [3.05, 3.63) is 0 Å². The summed E-state index contributed by atoms with van der Waals surface area (Å²) in [4.78, 5) is 0. The summed E-state index contributed by atoms with van der Waals surface area (Å²) in [5, 5.41) is 3.41. The zero-order chi connectivity index (χ0) is 8.53. The van der Waals surface area contributed by atoms with E-state index < -0.39 is 0 Å². The molecule has 0 bridgehead atoms. The van der Waals surface area contributed by atoms with Crippen LogP contribution in [0.3, 0.4) is 0 Å². The van der Waals surface area contributed by atoms with Gasteiger partial charge in [0.1, 0.15) is 0 Å². The molecule has 0 fully saturated rings. The van der Waals surface area contributed by atoms with Gasteiger partial charge >= 0.3 is 0 Å². The molecule has 0 aromatic heterocycles. The smallest absolute Gasteiger partial charge is 0.0906 e. The molecule has 0 aromatic rings. The van der Waals surface area contributed by atoms with Crippen molar-refractivity contribution in [1.29, 1.82) is 0 Å². The lowest BCUT2D eigenvalue weighted by Crippen LogP contribution is -2.17. The largest absolute Gasteiger partial charge is 0.317 e. The molecule has 0 spiro atoms. The van der Waals surface area contributed by atoms with Crippen LogP contribution in [-0.4, -0.2) is 25.1 Å². The molecule has 1 N–H and O–H groups in total. The summed E-state index contributed by atoms with van der Waals surface area (Å²) in [5.41, 5.74) is 0. The molecule has 0 radical (unpaired) electrons. The molecule has 0 amide bonds. The molecule has 0 aliphatic carbocycles. The minimum Gasteiger partial charge on any atom is -0.317 e. The molecule has 68 valence electrons. The number of nitrogens with one attached hydrogen (secondary N) is 1. The zero-order valence-electron chi connectivity index (χ0n) is 7.08. The maximum absolute atomic E-state index is 11.6. The van der Waals surface area contributed by atoms with Gasteiger partial charge in [-0.25, -0.2) is 0 Å². The first kappa shape index (κ1) is 11.2. The van der Waals surface area contributed by atoms with Gasteiger partial charge in [0.05, 0.1) is 6.67 Å². The molecular formula is C8H17ClFN. The van der Waals surface area contributed by atoms with E-state index in [4.69, 9.17) is 11.6 Å². The minimum atomic E-state index is -0.223. The second-order valence-corrected chi connectivity index (χ2v) is 3.46. The molecular weight excluding hydrogens is 165 g/mol. The molecule has 0 saturated heterocycles. The van der Waals surface area contributed by atoms with Crippen molar-refractivity contribution in [2.45, 2.75) is 31.6 Å². The quantitative estimate of drug-likeness (QED) is 0.470. The molecule has 11 heavy (non-hydrogen) atoms. The second kappa shape index (κ2) is 8.28. The summed E-state index contributed by atoms with van der Waals surface area (Å²) < 4.78 is 11.6. The summed E-state index contributed by atoms with van der Waals surface area (Å²) in [7, 11) is 0. The first-order valence-electron chi connectivity index (χ1n) is 4.18. The molecule has 0 aromatic carbocycles. The number of hydrogen-bond donors (Lipinski definition) is 1. The SMILES string of the molecule is CC(Cl)CCCNCCCF. The highest BCUT2D eigenvalue weighted by Gasteiger charge is 1.94. The highest BCUT2D eigenvalue weighted by molar-refractivity contribution is 6.20. The predicted octanol–water partition coefficient (Wildman–Crippen LogP) is 2.34. The van der Waals surface area contributed by atoms with Gasteiger partial charge < -0.3 is 5.32 Å². The third-order valence-corrected chi connectivity index (χ3v) is 1.66. The van der Waals surface area contributed by atoms with Gasteiger partial charge in [0.25, 0.3) is 0 Å². The Bertz CT molecular complexity index is 78.5. The van der Waals surface area contributed by atoms with Crippen molar-refractivity contribution in [1.82, 2.24) is 5.32 Å². The molecule has 0 aliphatic rings. The van der Waals surface area contributed by atoms with Gasteiger partial charge in [-0.15, -0.1) is 11.6 Å². The van der Waals surface area contributed by atoms with E-state index in [1.165, 1.54) is 0 Å². The van der Waals surface area contributed by atoms with Crippen molar-refractivity contribution >= 4 is 11.6 Å². The third-order valence-electron chi connectivity index (χ3n) is 1.44. The van der Waals surface area contributed by atoms with Gasteiger partial charge in [-0.2, -0.15) is 0 Å². The van der Waals surface area contributed by atoms with Crippen molar-refractivity contribution in [3.8, 4) is 0 Å². The Morgan fingerprint density at radius 2 is 2.00 bits per heavy atom. The number of rotatable bonds is 7. The Kier molecular flexibility index (Phi) is 8.41. The van der Waals surface area contributed by atoms with Crippen LogP contribution in [0, 0.1) is 0 Å². The van der Waals surface area contributed by atoms with Crippen LogP contribution in [-0.2, 0) is 0 Å². The molecule has 3 heteroatoms. The molecule has 0 heterocycles.